The summed E-state index contributed by atoms with van der Waals surface area (Å²) >= 11 is 0. The van der Waals surface area contributed by atoms with Crippen LogP contribution in [0.1, 0.15) is 35.9 Å². The molecule has 0 aliphatic heterocycles. The van der Waals surface area contributed by atoms with Gasteiger partial charge in [-0.2, -0.15) is 4.98 Å². The average molecular weight is 262 g/mol. The minimum atomic E-state index is -0.516. The molecule has 100 valence electrons. The van der Waals surface area contributed by atoms with E-state index >= 15 is 0 Å². The van der Waals surface area contributed by atoms with Crippen molar-refractivity contribution < 1.29 is 4.79 Å². The summed E-state index contributed by atoms with van der Waals surface area (Å²) in [6, 6.07) is 0. The molecule has 0 aromatic carbocycles. The molecule has 0 spiro atoms. The van der Waals surface area contributed by atoms with Gasteiger partial charge in [-0.25, -0.2) is 4.98 Å². The first-order chi connectivity index (χ1) is 9.13. The van der Waals surface area contributed by atoms with Gasteiger partial charge in [0.1, 0.15) is 0 Å². The highest BCUT2D eigenvalue weighted by atomic mass is 16.2. The number of hydrogen-bond donors (Lipinski definition) is 3. The smallest absolute Gasteiger partial charge is 0.295 e. The molecule has 2 aromatic rings. The van der Waals surface area contributed by atoms with E-state index in [0.29, 0.717) is 0 Å². The van der Waals surface area contributed by atoms with Gasteiger partial charge in [0.2, 0.25) is 17.7 Å². The van der Waals surface area contributed by atoms with E-state index in [1.807, 2.05) is 13.8 Å². The second kappa shape index (κ2) is 5.38. The van der Waals surface area contributed by atoms with Crippen LogP contribution in [0.3, 0.4) is 0 Å². The molecule has 9 heteroatoms. The molecule has 0 aliphatic rings. The predicted octanol–water partition coefficient (Wildman–Crippen LogP) is -0.0510. The minimum Gasteiger partial charge on any atom is -0.366 e. The number of hydrogen-bond acceptors (Lipinski definition) is 7. The molecule has 0 saturated carbocycles. The number of carbonyl (C=O) groups excluding carboxylic acids is 1. The monoisotopic (exact) mass is 262 g/mol. The van der Waals surface area contributed by atoms with Gasteiger partial charge in [0, 0.05) is 0 Å². The number of anilines is 2. The van der Waals surface area contributed by atoms with Crippen molar-refractivity contribution in [2.45, 2.75) is 26.7 Å². The molecule has 1 amide bonds. The van der Waals surface area contributed by atoms with Gasteiger partial charge in [-0.05, 0) is 12.8 Å². The first-order valence-corrected chi connectivity index (χ1v) is 5.85. The molecular weight excluding hydrogens is 248 g/mol. The number of aromatic amines is 1. The van der Waals surface area contributed by atoms with Crippen LogP contribution in [-0.4, -0.2) is 36.3 Å². The van der Waals surface area contributed by atoms with Gasteiger partial charge in [-0.3, -0.25) is 15.2 Å². The molecule has 9 nitrogen and oxygen atoms in total. The maximum atomic E-state index is 11.8. The molecule has 0 atom stereocenters. The third-order valence-corrected chi connectivity index (χ3v) is 2.45. The summed E-state index contributed by atoms with van der Waals surface area (Å²) < 4.78 is 0. The van der Waals surface area contributed by atoms with Crippen LogP contribution >= 0.6 is 0 Å². The Morgan fingerprint density at radius 2 is 1.95 bits per heavy atom. The van der Waals surface area contributed by atoms with Crippen molar-refractivity contribution in [3.05, 3.63) is 17.2 Å². The number of H-pyrrole nitrogens is 1. The molecule has 4 N–H and O–H groups in total. The standard InChI is InChI=1S/C10H14N8O/c1-3-5-6(4-2)15-18-10(12-5)14-8(19)7-13-9(11)17-16-7/h3-4H2,1-2H3,(H3,11,13,16,17)(H,12,14,18,19). The van der Waals surface area contributed by atoms with E-state index in [2.05, 4.69) is 35.7 Å². The van der Waals surface area contributed by atoms with Crippen LogP contribution in [0, 0.1) is 0 Å². The molecular formula is C10H14N8O. The van der Waals surface area contributed by atoms with Crippen molar-refractivity contribution in [1.29, 1.82) is 0 Å². The fourth-order valence-corrected chi connectivity index (χ4v) is 1.53. The maximum absolute atomic E-state index is 11.8. The van der Waals surface area contributed by atoms with Crippen LogP contribution in [0.25, 0.3) is 0 Å². The molecule has 2 aromatic heterocycles. The third-order valence-electron chi connectivity index (χ3n) is 2.45. The van der Waals surface area contributed by atoms with Gasteiger partial charge < -0.3 is 5.73 Å². The lowest BCUT2D eigenvalue weighted by atomic mass is 10.2. The van der Waals surface area contributed by atoms with Crippen LogP contribution in [-0.2, 0) is 12.8 Å². The lowest BCUT2D eigenvalue weighted by molar-refractivity contribution is 0.101. The first-order valence-electron chi connectivity index (χ1n) is 5.85. The van der Waals surface area contributed by atoms with E-state index < -0.39 is 5.91 Å². The van der Waals surface area contributed by atoms with Crippen LogP contribution in [0.4, 0.5) is 11.9 Å². The highest BCUT2D eigenvalue weighted by molar-refractivity contribution is 6.00. The fraction of sp³-hybridized carbons (Fsp3) is 0.400. The normalized spacial score (nSPS) is 10.4. The van der Waals surface area contributed by atoms with Crippen molar-refractivity contribution >= 4 is 17.8 Å². The van der Waals surface area contributed by atoms with Gasteiger partial charge in [0.25, 0.3) is 5.91 Å². The van der Waals surface area contributed by atoms with Crippen molar-refractivity contribution in [3.63, 3.8) is 0 Å². The molecule has 0 radical (unpaired) electrons. The van der Waals surface area contributed by atoms with E-state index in [1.54, 1.807) is 0 Å². The average Bonchev–Trinajstić information content (AvgIpc) is 2.85. The topological polar surface area (TPSA) is 135 Å². The Morgan fingerprint density at radius 1 is 1.21 bits per heavy atom. The van der Waals surface area contributed by atoms with Crippen LogP contribution in [0.15, 0.2) is 0 Å². The number of aromatic nitrogens is 6. The summed E-state index contributed by atoms with van der Waals surface area (Å²) in [4.78, 5) is 19.7. The summed E-state index contributed by atoms with van der Waals surface area (Å²) in [5, 5.41) is 16.3. The Balaban J connectivity index is 2.17. The Hall–Kier alpha value is -2.58. The summed E-state index contributed by atoms with van der Waals surface area (Å²) in [6.45, 7) is 3.94. The number of nitrogen functional groups attached to an aromatic ring is 1. The second-order valence-electron chi connectivity index (χ2n) is 3.73. The summed E-state index contributed by atoms with van der Waals surface area (Å²) in [5.41, 5.74) is 6.95. The second-order valence-corrected chi connectivity index (χ2v) is 3.73. The van der Waals surface area contributed by atoms with E-state index in [1.165, 1.54) is 0 Å². The van der Waals surface area contributed by atoms with Crippen molar-refractivity contribution in [2.24, 2.45) is 0 Å². The fourth-order valence-electron chi connectivity index (χ4n) is 1.53. The molecule has 2 rings (SSSR count). The van der Waals surface area contributed by atoms with Crippen LogP contribution < -0.4 is 11.1 Å². The molecule has 0 saturated heterocycles. The van der Waals surface area contributed by atoms with Gasteiger partial charge >= 0.3 is 0 Å². The first kappa shape index (κ1) is 12.9. The molecule has 0 bridgehead atoms. The zero-order chi connectivity index (χ0) is 13.8. The summed E-state index contributed by atoms with van der Waals surface area (Å²) in [7, 11) is 0. The van der Waals surface area contributed by atoms with E-state index in [4.69, 9.17) is 5.73 Å². The molecule has 0 unspecified atom stereocenters. The highest BCUT2D eigenvalue weighted by Crippen LogP contribution is 2.07. The van der Waals surface area contributed by atoms with E-state index in [9.17, 15) is 4.79 Å². The predicted molar refractivity (Wildman–Crippen MR) is 67.3 cm³/mol. The van der Waals surface area contributed by atoms with Crippen molar-refractivity contribution in [3.8, 4) is 0 Å². The number of nitrogens with two attached hydrogens (primary N) is 1. The Morgan fingerprint density at radius 3 is 2.53 bits per heavy atom. The Labute approximate surface area is 109 Å². The number of nitrogens with zero attached hydrogens (tertiary/aromatic N) is 5. The quantitative estimate of drug-likeness (QED) is 0.702. The minimum absolute atomic E-state index is 0.000212. The molecule has 19 heavy (non-hydrogen) atoms. The van der Waals surface area contributed by atoms with Gasteiger partial charge in [-0.15, -0.1) is 15.3 Å². The molecule has 0 fully saturated rings. The summed E-state index contributed by atoms with van der Waals surface area (Å²) in [6.07, 6.45) is 1.47. The van der Waals surface area contributed by atoms with Gasteiger partial charge in [0.05, 0.1) is 11.4 Å². The number of carbonyl (C=O) groups is 1. The Bertz CT molecular complexity index is 593. The van der Waals surface area contributed by atoms with Crippen molar-refractivity contribution in [2.75, 3.05) is 11.1 Å². The SMILES string of the molecule is CCc1nnc(NC(=O)c2nc(N)n[nH]2)nc1CC. The number of amides is 1. The third kappa shape index (κ3) is 2.81. The summed E-state index contributed by atoms with van der Waals surface area (Å²) in [5.74, 6) is -0.384. The molecule has 0 aliphatic carbocycles. The van der Waals surface area contributed by atoms with Crippen LogP contribution in [0.2, 0.25) is 0 Å². The molecule has 2 heterocycles. The highest BCUT2D eigenvalue weighted by Gasteiger charge is 2.14. The van der Waals surface area contributed by atoms with Gasteiger partial charge in [-0.1, -0.05) is 13.8 Å². The zero-order valence-corrected chi connectivity index (χ0v) is 10.6. The lowest BCUT2D eigenvalue weighted by Crippen LogP contribution is -2.17. The van der Waals surface area contributed by atoms with E-state index in [-0.39, 0.29) is 17.7 Å². The zero-order valence-electron chi connectivity index (χ0n) is 10.6. The number of nitrogens with one attached hydrogen (secondary N) is 2. The number of aryl methyl sites for hydroxylation is 2. The van der Waals surface area contributed by atoms with E-state index in [0.717, 1.165) is 24.2 Å². The number of rotatable bonds is 4. The lowest BCUT2D eigenvalue weighted by Gasteiger charge is -2.05. The largest absolute Gasteiger partial charge is 0.366 e. The maximum Gasteiger partial charge on any atom is 0.295 e. The van der Waals surface area contributed by atoms with Crippen LogP contribution in [0.5, 0.6) is 0 Å². The Kier molecular flexibility index (Phi) is 3.64. The van der Waals surface area contributed by atoms with Crippen molar-refractivity contribution in [1.82, 2.24) is 30.4 Å². The van der Waals surface area contributed by atoms with Gasteiger partial charge in [0.15, 0.2) is 0 Å².